The van der Waals surface area contributed by atoms with Crippen molar-refractivity contribution in [2.75, 3.05) is 24.4 Å². The number of nitrogens with zero attached hydrogens (tertiary/aromatic N) is 2. The van der Waals surface area contributed by atoms with E-state index < -0.39 is 17.7 Å². The molecule has 2 aromatic carbocycles. The maximum absolute atomic E-state index is 13.2. The minimum atomic E-state index is -0.927. The fourth-order valence-corrected chi connectivity index (χ4v) is 4.00. The Morgan fingerprint density at radius 3 is 2.34 bits per heavy atom. The summed E-state index contributed by atoms with van der Waals surface area (Å²) < 4.78 is 10.6. The molecule has 2 amide bonds. The number of hydrogen-bond acceptors (Lipinski definition) is 7. The first-order valence-electron chi connectivity index (χ1n) is 10.7. The standard InChI is InChI=1S/C26H23N3O6/c1-15(30)28-18-7-9-19(10-8-18)29-23(17-5-4-12-27-14-17)22(25(32)26(29)33)24(31)16-6-11-20(34-2)21(13-16)35-3/h4-14,23,31H,1-3H3,(H,28,30)/b24-22-. The lowest BCUT2D eigenvalue weighted by atomic mass is 9.96. The van der Waals surface area contributed by atoms with Gasteiger partial charge in [-0.25, -0.2) is 0 Å². The summed E-state index contributed by atoms with van der Waals surface area (Å²) in [6.07, 6.45) is 3.11. The van der Waals surface area contributed by atoms with Gasteiger partial charge in [0.1, 0.15) is 5.76 Å². The zero-order valence-corrected chi connectivity index (χ0v) is 19.3. The van der Waals surface area contributed by atoms with Gasteiger partial charge in [-0.3, -0.25) is 24.3 Å². The molecule has 35 heavy (non-hydrogen) atoms. The summed E-state index contributed by atoms with van der Waals surface area (Å²) in [7, 11) is 2.95. The normalized spacial score (nSPS) is 16.8. The summed E-state index contributed by atoms with van der Waals surface area (Å²) in [4.78, 5) is 43.2. The maximum atomic E-state index is 13.2. The molecule has 1 atom stereocenters. The van der Waals surface area contributed by atoms with E-state index in [9.17, 15) is 19.5 Å². The van der Waals surface area contributed by atoms with Crippen LogP contribution in [-0.4, -0.2) is 41.9 Å². The second kappa shape index (κ2) is 9.68. The van der Waals surface area contributed by atoms with E-state index in [1.54, 1.807) is 54.7 Å². The number of aliphatic hydroxyl groups excluding tert-OH is 1. The highest BCUT2D eigenvalue weighted by Gasteiger charge is 2.47. The number of nitrogens with one attached hydrogen (secondary N) is 1. The molecule has 3 aromatic rings. The molecule has 9 heteroatoms. The van der Waals surface area contributed by atoms with Crippen molar-refractivity contribution in [2.24, 2.45) is 0 Å². The van der Waals surface area contributed by atoms with Crippen molar-refractivity contribution in [1.29, 1.82) is 0 Å². The molecule has 2 heterocycles. The van der Waals surface area contributed by atoms with Crippen LogP contribution in [0.4, 0.5) is 11.4 Å². The predicted molar refractivity (Wildman–Crippen MR) is 129 cm³/mol. The summed E-state index contributed by atoms with van der Waals surface area (Å²) >= 11 is 0. The Balaban J connectivity index is 1.87. The van der Waals surface area contributed by atoms with Crippen molar-refractivity contribution < 1.29 is 29.0 Å². The van der Waals surface area contributed by atoms with Gasteiger partial charge >= 0.3 is 0 Å². The molecule has 0 radical (unpaired) electrons. The first-order chi connectivity index (χ1) is 16.8. The Kier molecular flexibility index (Phi) is 6.50. The van der Waals surface area contributed by atoms with Crippen molar-refractivity contribution in [3.63, 3.8) is 0 Å². The predicted octanol–water partition coefficient (Wildman–Crippen LogP) is 3.68. The van der Waals surface area contributed by atoms with Crippen molar-refractivity contribution in [1.82, 2.24) is 4.98 Å². The number of methoxy groups -OCH3 is 2. The highest BCUT2D eigenvalue weighted by molar-refractivity contribution is 6.51. The van der Waals surface area contributed by atoms with E-state index >= 15 is 0 Å². The van der Waals surface area contributed by atoms with E-state index in [0.29, 0.717) is 28.4 Å². The van der Waals surface area contributed by atoms with Gasteiger partial charge < -0.3 is 19.9 Å². The van der Waals surface area contributed by atoms with E-state index in [4.69, 9.17) is 9.47 Å². The lowest BCUT2D eigenvalue weighted by Crippen LogP contribution is -2.29. The molecule has 1 aliphatic rings. The largest absolute Gasteiger partial charge is 0.507 e. The van der Waals surface area contributed by atoms with Gasteiger partial charge in [0.25, 0.3) is 11.7 Å². The third-order valence-corrected chi connectivity index (χ3v) is 5.57. The average Bonchev–Trinajstić information content (AvgIpc) is 3.14. The Hall–Kier alpha value is -4.66. The van der Waals surface area contributed by atoms with Gasteiger partial charge in [0.2, 0.25) is 5.91 Å². The number of anilines is 2. The number of benzene rings is 2. The van der Waals surface area contributed by atoms with E-state index in [1.165, 1.54) is 38.3 Å². The van der Waals surface area contributed by atoms with Gasteiger partial charge in [0.15, 0.2) is 11.5 Å². The van der Waals surface area contributed by atoms with E-state index in [2.05, 4.69) is 10.3 Å². The molecule has 9 nitrogen and oxygen atoms in total. The first kappa shape index (κ1) is 23.5. The minimum Gasteiger partial charge on any atom is -0.507 e. The lowest BCUT2D eigenvalue weighted by Gasteiger charge is -2.25. The third-order valence-electron chi connectivity index (χ3n) is 5.57. The zero-order valence-electron chi connectivity index (χ0n) is 19.3. The number of Topliss-reactive ketones (excluding diaryl/α,β-unsaturated/α-hetero) is 1. The number of carbonyl (C=O) groups excluding carboxylic acids is 3. The van der Waals surface area contributed by atoms with Crippen LogP contribution in [0.5, 0.6) is 11.5 Å². The van der Waals surface area contributed by atoms with Crippen LogP contribution < -0.4 is 19.7 Å². The summed E-state index contributed by atoms with van der Waals surface area (Å²) in [6.45, 7) is 1.39. The zero-order chi connectivity index (χ0) is 25.1. The smallest absolute Gasteiger partial charge is 0.300 e. The van der Waals surface area contributed by atoms with Gasteiger partial charge in [0, 0.05) is 36.3 Å². The summed E-state index contributed by atoms with van der Waals surface area (Å²) in [6, 6.07) is 13.7. The Morgan fingerprint density at radius 2 is 1.74 bits per heavy atom. The van der Waals surface area contributed by atoms with Crippen molar-refractivity contribution >= 4 is 34.7 Å². The lowest BCUT2D eigenvalue weighted by molar-refractivity contribution is -0.132. The molecule has 0 aliphatic carbocycles. The van der Waals surface area contributed by atoms with Crippen molar-refractivity contribution in [3.05, 3.63) is 83.7 Å². The number of carbonyl (C=O) groups is 3. The van der Waals surface area contributed by atoms with Gasteiger partial charge in [-0.2, -0.15) is 0 Å². The molecule has 178 valence electrons. The number of aliphatic hydroxyl groups is 1. The molecular formula is C26H23N3O6. The van der Waals surface area contributed by atoms with Crippen LogP contribution in [0, 0.1) is 0 Å². The van der Waals surface area contributed by atoms with Crippen LogP contribution in [0.25, 0.3) is 5.76 Å². The van der Waals surface area contributed by atoms with Crippen LogP contribution in [0.1, 0.15) is 24.1 Å². The number of hydrogen-bond donors (Lipinski definition) is 2. The van der Waals surface area contributed by atoms with Crippen LogP contribution in [0.2, 0.25) is 0 Å². The molecule has 0 spiro atoms. The van der Waals surface area contributed by atoms with Crippen LogP contribution >= 0.6 is 0 Å². The highest BCUT2D eigenvalue weighted by atomic mass is 16.5. The second-order valence-electron chi connectivity index (χ2n) is 7.75. The van der Waals surface area contributed by atoms with Crippen molar-refractivity contribution in [3.8, 4) is 11.5 Å². The van der Waals surface area contributed by atoms with Gasteiger partial charge in [-0.05, 0) is 54.1 Å². The fraction of sp³-hybridized carbons (Fsp3) is 0.154. The van der Waals surface area contributed by atoms with Crippen molar-refractivity contribution in [2.45, 2.75) is 13.0 Å². The summed E-state index contributed by atoms with van der Waals surface area (Å²) in [5.41, 5.74) is 1.71. The molecule has 1 aliphatic heterocycles. The number of ether oxygens (including phenoxy) is 2. The maximum Gasteiger partial charge on any atom is 0.300 e. The molecule has 1 unspecified atom stereocenters. The Bertz CT molecular complexity index is 1320. The second-order valence-corrected chi connectivity index (χ2v) is 7.75. The molecule has 1 fully saturated rings. The fourth-order valence-electron chi connectivity index (χ4n) is 4.00. The monoisotopic (exact) mass is 473 g/mol. The van der Waals surface area contributed by atoms with Crippen LogP contribution in [0.3, 0.4) is 0 Å². The summed E-state index contributed by atoms with van der Waals surface area (Å²) in [5.74, 6) is -1.41. The molecule has 0 bridgehead atoms. The minimum absolute atomic E-state index is 0.0823. The molecule has 2 N–H and O–H groups in total. The number of amides is 2. The van der Waals surface area contributed by atoms with Gasteiger partial charge in [-0.1, -0.05) is 6.07 Å². The number of ketones is 1. The number of aromatic nitrogens is 1. The van der Waals surface area contributed by atoms with Crippen LogP contribution in [-0.2, 0) is 14.4 Å². The molecule has 1 saturated heterocycles. The highest BCUT2D eigenvalue weighted by Crippen LogP contribution is 2.43. The Labute approximate surface area is 201 Å². The molecule has 0 saturated carbocycles. The van der Waals surface area contributed by atoms with E-state index in [-0.39, 0.29) is 22.8 Å². The quantitative estimate of drug-likeness (QED) is 0.318. The molecule has 4 rings (SSSR count). The Morgan fingerprint density at radius 1 is 1.03 bits per heavy atom. The first-order valence-corrected chi connectivity index (χ1v) is 10.7. The van der Waals surface area contributed by atoms with Crippen LogP contribution in [0.15, 0.2) is 72.6 Å². The molecule has 1 aromatic heterocycles. The van der Waals surface area contributed by atoms with Gasteiger partial charge in [0.05, 0.1) is 25.8 Å². The van der Waals surface area contributed by atoms with E-state index in [1.807, 2.05) is 0 Å². The number of pyridine rings is 1. The third kappa shape index (κ3) is 4.43. The average molecular weight is 473 g/mol. The molecular weight excluding hydrogens is 450 g/mol. The summed E-state index contributed by atoms with van der Waals surface area (Å²) in [5, 5.41) is 13.9. The van der Waals surface area contributed by atoms with Gasteiger partial charge in [-0.15, -0.1) is 0 Å². The topological polar surface area (TPSA) is 118 Å². The SMILES string of the molecule is COc1ccc(/C(O)=C2/C(=O)C(=O)N(c3ccc(NC(C)=O)cc3)C2c2cccnc2)cc1OC. The number of rotatable bonds is 6. The van der Waals surface area contributed by atoms with E-state index in [0.717, 1.165) is 0 Å².